The Morgan fingerprint density at radius 2 is 2.05 bits per heavy atom. The van der Waals surface area contributed by atoms with Crippen LogP contribution in [0.2, 0.25) is 0 Å². The van der Waals surface area contributed by atoms with Crippen molar-refractivity contribution in [2.75, 3.05) is 13.7 Å². The fraction of sp³-hybridized carbons (Fsp3) is 0.500. The highest BCUT2D eigenvalue weighted by Gasteiger charge is 2.16. The third-order valence-corrected chi connectivity index (χ3v) is 3.37. The fourth-order valence-corrected chi connectivity index (χ4v) is 2.47. The van der Waals surface area contributed by atoms with Crippen LogP contribution in [0.15, 0.2) is 16.5 Å². The molecular weight excluding hydrogens is 238 g/mol. The molecule has 0 saturated heterocycles. The molecule has 0 saturated carbocycles. The summed E-state index contributed by atoms with van der Waals surface area (Å²) in [5.74, 6) is 1.86. The molecule has 3 nitrogen and oxygen atoms in total. The Morgan fingerprint density at radius 1 is 1.26 bits per heavy atom. The van der Waals surface area contributed by atoms with E-state index in [0.29, 0.717) is 0 Å². The van der Waals surface area contributed by atoms with E-state index in [1.54, 1.807) is 7.11 Å². The van der Waals surface area contributed by atoms with Gasteiger partial charge in [0.25, 0.3) is 0 Å². The summed E-state index contributed by atoms with van der Waals surface area (Å²) in [6.07, 6.45) is 2.10. The first-order valence-electron chi connectivity index (χ1n) is 7.00. The Labute approximate surface area is 114 Å². The molecule has 1 heterocycles. The van der Waals surface area contributed by atoms with Crippen molar-refractivity contribution in [1.82, 2.24) is 5.32 Å². The van der Waals surface area contributed by atoms with Crippen LogP contribution in [0, 0.1) is 6.92 Å². The van der Waals surface area contributed by atoms with Crippen molar-refractivity contribution in [3.8, 4) is 5.75 Å². The molecule has 2 aromatic rings. The number of ether oxygens (including phenoxy) is 1. The molecule has 0 aliphatic carbocycles. The second-order valence-corrected chi connectivity index (χ2v) is 4.88. The number of furan rings is 1. The lowest BCUT2D eigenvalue weighted by Gasteiger charge is -2.02. The number of nitrogens with one attached hydrogen (secondary N) is 1. The van der Waals surface area contributed by atoms with E-state index in [1.165, 1.54) is 16.5 Å². The minimum Gasteiger partial charge on any atom is -0.493 e. The predicted octanol–water partition coefficient (Wildman–Crippen LogP) is 3.81. The van der Waals surface area contributed by atoms with Gasteiger partial charge in [0.2, 0.25) is 0 Å². The Bertz CT molecular complexity index is 557. The van der Waals surface area contributed by atoms with Crippen LogP contribution in [-0.2, 0) is 13.0 Å². The molecule has 0 fully saturated rings. The Hall–Kier alpha value is -1.48. The summed E-state index contributed by atoms with van der Waals surface area (Å²) in [7, 11) is 1.69. The number of fused-ring (bicyclic) bond motifs is 1. The lowest BCUT2D eigenvalue weighted by molar-refractivity contribution is 0.405. The van der Waals surface area contributed by atoms with Gasteiger partial charge in [0.15, 0.2) is 11.3 Å². The van der Waals surface area contributed by atoms with Crippen molar-refractivity contribution < 1.29 is 9.15 Å². The first-order valence-corrected chi connectivity index (χ1v) is 7.00. The lowest BCUT2D eigenvalue weighted by atomic mass is 10.1. The van der Waals surface area contributed by atoms with Crippen molar-refractivity contribution in [2.24, 2.45) is 0 Å². The third-order valence-electron chi connectivity index (χ3n) is 3.37. The van der Waals surface area contributed by atoms with E-state index in [9.17, 15) is 0 Å². The van der Waals surface area contributed by atoms with Gasteiger partial charge in [-0.3, -0.25) is 0 Å². The Kier molecular flexibility index (Phi) is 4.48. The van der Waals surface area contributed by atoms with E-state index in [2.05, 4.69) is 32.2 Å². The van der Waals surface area contributed by atoms with E-state index in [1.807, 2.05) is 6.07 Å². The van der Waals surface area contributed by atoms with Gasteiger partial charge < -0.3 is 14.5 Å². The molecule has 0 radical (unpaired) electrons. The molecule has 0 amide bonds. The molecule has 0 bridgehead atoms. The van der Waals surface area contributed by atoms with Crippen molar-refractivity contribution in [2.45, 2.75) is 40.2 Å². The maximum Gasteiger partial charge on any atom is 0.176 e. The molecule has 0 aliphatic rings. The Balaban J connectivity index is 2.47. The van der Waals surface area contributed by atoms with Crippen LogP contribution >= 0.6 is 0 Å². The molecule has 1 aromatic heterocycles. The number of hydrogen-bond donors (Lipinski definition) is 1. The van der Waals surface area contributed by atoms with E-state index in [-0.39, 0.29) is 0 Å². The third kappa shape index (κ3) is 2.76. The maximum atomic E-state index is 6.03. The van der Waals surface area contributed by atoms with Gasteiger partial charge in [-0.05, 0) is 44.0 Å². The summed E-state index contributed by atoms with van der Waals surface area (Å²) in [6.45, 7) is 8.22. The summed E-state index contributed by atoms with van der Waals surface area (Å²) in [5.41, 5.74) is 3.37. The summed E-state index contributed by atoms with van der Waals surface area (Å²) in [6, 6.07) is 4.21. The highest BCUT2D eigenvalue weighted by molar-refractivity contribution is 5.88. The molecule has 2 rings (SSSR count). The van der Waals surface area contributed by atoms with Crippen LogP contribution in [0.5, 0.6) is 5.75 Å². The van der Waals surface area contributed by atoms with Gasteiger partial charge in [-0.25, -0.2) is 0 Å². The molecule has 0 aliphatic heterocycles. The average molecular weight is 261 g/mol. The number of hydrogen-bond acceptors (Lipinski definition) is 3. The summed E-state index contributed by atoms with van der Waals surface area (Å²) in [5, 5.41) is 4.59. The first-order chi connectivity index (χ1) is 9.21. The van der Waals surface area contributed by atoms with Gasteiger partial charge in [-0.1, -0.05) is 13.8 Å². The second kappa shape index (κ2) is 6.11. The monoisotopic (exact) mass is 261 g/mol. The zero-order chi connectivity index (χ0) is 13.8. The fourth-order valence-electron chi connectivity index (χ4n) is 2.47. The number of rotatable bonds is 6. The van der Waals surface area contributed by atoms with E-state index < -0.39 is 0 Å². The topological polar surface area (TPSA) is 34.4 Å². The van der Waals surface area contributed by atoms with E-state index in [4.69, 9.17) is 9.15 Å². The molecule has 0 unspecified atom stereocenters. The van der Waals surface area contributed by atoms with E-state index in [0.717, 1.165) is 43.0 Å². The van der Waals surface area contributed by atoms with Crippen LogP contribution in [0.3, 0.4) is 0 Å². The van der Waals surface area contributed by atoms with Crippen LogP contribution in [-0.4, -0.2) is 13.7 Å². The number of methoxy groups -OCH3 is 1. The smallest absolute Gasteiger partial charge is 0.176 e. The van der Waals surface area contributed by atoms with Crippen LogP contribution < -0.4 is 10.1 Å². The zero-order valence-corrected chi connectivity index (χ0v) is 12.3. The lowest BCUT2D eigenvalue weighted by Crippen LogP contribution is -2.14. The van der Waals surface area contributed by atoms with Gasteiger partial charge in [-0.2, -0.15) is 0 Å². The molecule has 104 valence electrons. The van der Waals surface area contributed by atoms with Gasteiger partial charge in [0.1, 0.15) is 5.76 Å². The van der Waals surface area contributed by atoms with Crippen molar-refractivity contribution in [1.29, 1.82) is 0 Å². The van der Waals surface area contributed by atoms with Gasteiger partial charge >= 0.3 is 0 Å². The SMILES string of the molecule is CCCNCc1oc2c(OC)cc(C)cc2c1CC. The number of aryl methyl sites for hydroxylation is 2. The highest BCUT2D eigenvalue weighted by atomic mass is 16.5. The first kappa shape index (κ1) is 13.9. The van der Waals surface area contributed by atoms with Gasteiger partial charge in [0.05, 0.1) is 13.7 Å². The standard InChI is InChI=1S/C16H23NO2/c1-5-7-17-10-15-12(6-2)13-8-11(3)9-14(18-4)16(13)19-15/h8-9,17H,5-7,10H2,1-4H3. The zero-order valence-electron chi connectivity index (χ0n) is 12.3. The number of benzene rings is 1. The second-order valence-electron chi connectivity index (χ2n) is 4.88. The summed E-state index contributed by atoms with van der Waals surface area (Å²) < 4.78 is 11.5. The highest BCUT2D eigenvalue weighted by Crippen LogP contribution is 2.34. The normalized spacial score (nSPS) is 11.2. The average Bonchev–Trinajstić information content (AvgIpc) is 2.75. The maximum absolute atomic E-state index is 6.03. The molecule has 19 heavy (non-hydrogen) atoms. The minimum absolute atomic E-state index is 0.786. The van der Waals surface area contributed by atoms with Crippen LogP contribution in [0.25, 0.3) is 11.0 Å². The minimum atomic E-state index is 0.786. The van der Waals surface area contributed by atoms with Crippen molar-refractivity contribution in [3.05, 3.63) is 29.0 Å². The van der Waals surface area contributed by atoms with Crippen molar-refractivity contribution >= 4 is 11.0 Å². The summed E-state index contributed by atoms with van der Waals surface area (Å²) >= 11 is 0. The molecule has 3 heteroatoms. The Morgan fingerprint density at radius 3 is 2.68 bits per heavy atom. The summed E-state index contributed by atoms with van der Waals surface area (Å²) in [4.78, 5) is 0. The molecule has 0 atom stereocenters. The van der Waals surface area contributed by atoms with Crippen molar-refractivity contribution in [3.63, 3.8) is 0 Å². The van der Waals surface area contributed by atoms with Gasteiger partial charge in [-0.15, -0.1) is 0 Å². The molecule has 1 aromatic carbocycles. The molecule has 0 spiro atoms. The predicted molar refractivity (Wildman–Crippen MR) is 78.9 cm³/mol. The molecular formula is C16H23NO2. The van der Waals surface area contributed by atoms with E-state index >= 15 is 0 Å². The quantitative estimate of drug-likeness (QED) is 0.803. The molecule has 1 N–H and O–H groups in total. The van der Waals surface area contributed by atoms with Crippen LogP contribution in [0.4, 0.5) is 0 Å². The largest absolute Gasteiger partial charge is 0.493 e. The van der Waals surface area contributed by atoms with Gasteiger partial charge in [0, 0.05) is 10.9 Å². The van der Waals surface area contributed by atoms with Crippen LogP contribution in [0.1, 0.15) is 37.2 Å².